The van der Waals surface area contributed by atoms with Crippen LogP contribution in [-0.2, 0) is 9.53 Å². The molecule has 3 aromatic rings. The van der Waals surface area contributed by atoms with E-state index in [2.05, 4.69) is 4.98 Å². The number of benzene rings is 1. The fourth-order valence-corrected chi connectivity index (χ4v) is 2.53. The number of ether oxygens (including phenoxy) is 1. The molecule has 0 unspecified atom stereocenters. The Morgan fingerprint density at radius 3 is 2.60 bits per heavy atom. The van der Waals surface area contributed by atoms with Crippen LogP contribution in [0.1, 0.15) is 17.3 Å². The topological polar surface area (TPSA) is 72.6 Å². The Balaban J connectivity index is 2.02. The van der Waals surface area contributed by atoms with Gasteiger partial charge in [-0.15, -0.1) is 0 Å². The molecule has 0 spiro atoms. The molecule has 128 valence electrons. The van der Waals surface area contributed by atoms with Crippen LogP contribution in [0.15, 0.2) is 53.1 Å². The zero-order chi connectivity index (χ0) is 18.0. The molecule has 0 saturated carbocycles. The minimum atomic E-state index is -0.874. The number of furan rings is 1. The second-order valence-corrected chi connectivity index (χ2v) is 5.83. The zero-order valence-electron chi connectivity index (χ0n) is 14.2. The molecule has 0 fully saturated rings. The minimum absolute atomic E-state index is 0.280. The highest BCUT2D eigenvalue weighted by Gasteiger charge is 2.22. The average molecular weight is 338 g/mol. The maximum Gasteiger partial charge on any atom is 0.339 e. The number of amides is 1. The van der Waals surface area contributed by atoms with Gasteiger partial charge < -0.3 is 14.1 Å². The van der Waals surface area contributed by atoms with Gasteiger partial charge in [-0.1, -0.05) is 18.2 Å². The highest BCUT2D eigenvalue weighted by molar-refractivity contribution is 6.05. The predicted octanol–water partition coefficient (Wildman–Crippen LogP) is 3.13. The van der Waals surface area contributed by atoms with Gasteiger partial charge in [0.25, 0.3) is 5.91 Å². The van der Waals surface area contributed by atoms with Gasteiger partial charge in [0, 0.05) is 19.5 Å². The standard InChI is InChI=1S/C19H18N2O4/c1-12(18(22)21(2)3)25-19(23)14-11-16(17-9-6-10-24-17)20-15-8-5-4-7-13(14)15/h4-12H,1-3H3/t12-/m0/s1. The molecule has 6 heteroatoms. The summed E-state index contributed by atoms with van der Waals surface area (Å²) in [5.41, 5.74) is 1.52. The summed E-state index contributed by atoms with van der Waals surface area (Å²) in [5.74, 6) is -0.302. The summed E-state index contributed by atoms with van der Waals surface area (Å²) in [7, 11) is 3.23. The molecule has 3 rings (SSSR count). The lowest BCUT2D eigenvalue weighted by molar-refractivity contribution is -0.137. The van der Waals surface area contributed by atoms with Crippen molar-refractivity contribution in [3.8, 4) is 11.5 Å². The predicted molar refractivity (Wildman–Crippen MR) is 93.0 cm³/mol. The second kappa shape index (κ2) is 6.76. The molecular weight excluding hydrogens is 320 g/mol. The Morgan fingerprint density at radius 1 is 1.16 bits per heavy atom. The summed E-state index contributed by atoms with van der Waals surface area (Å²) < 4.78 is 10.7. The van der Waals surface area contributed by atoms with Gasteiger partial charge >= 0.3 is 5.97 Å². The number of rotatable bonds is 4. The SMILES string of the molecule is C[C@H](OC(=O)c1cc(-c2ccco2)nc2ccccc12)C(=O)N(C)C. The van der Waals surface area contributed by atoms with Crippen LogP contribution in [0.5, 0.6) is 0 Å². The number of esters is 1. The molecule has 0 aliphatic heterocycles. The van der Waals surface area contributed by atoms with Gasteiger partial charge in [0.05, 0.1) is 17.3 Å². The van der Waals surface area contributed by atoms with Crippen LogP contribution in [0.2, 0.25) is 0 Å². The Morgan fingerprint density at radius 2 is 1.92 bits per heavy atom. The van der Waals surface area contributed by atoms with Crippen LogP contribution in [-0.4, -0.2) is 42.0 Å². The maximum atomic E-state index is 12.7. The number of hydrogen-bond donors (Lipinski definition) is 0. The number of carbonyl (C=O) groups is 2. The molecule has 6 nitrogen and oxygen atoms in total. The van der Waals surface area contributed by atoms with Crippen molar-refractivity contribution in [1.82, 2.24) is 9.88 Å². The van der Waals surface area contributed by atoms with E-state index in [-0.39, 0.29) is 5.91 Å². The third-order valence-corrected chi connectivity index (χ3v) is 3.78. The van der Waals surface area contributed by atoms with Crippen molar-refractivity contribution < 1.29 is 18.7 Å². The van der Waals surface area contributed by atoms with E-state index in [0.717, 1.165) is 0 Å². The fraction of sp³-hybridized carbons (Fsp3) is 0.211. The molecule has 25 heavy (non-hydrogen) atoms. The van der Waals surface area contributed by atoms with E-state index < -0.39 is 12.1 Å². The van der Waals surface area contributed by atoms with Crippen molar-refractivity contribution in [2.45, 2.75) is 13.0 Å². The van der Waals surface area contributed by atoms with Gasteiger partial charge in [0.15, 0.2) is 11.9 Å². The van der Waals surface area contributed by atoms with E-state index in [1.165, 1.54) is 4.90 Å². The lowest BCUT2D eigenvalue weighted by Gasteiger charge is -2.17. The Hall–Kier alpha value is -3.15. The highest BCUT2D eigenvalue weighted by atomic mass is 16.5. The monoisotopic (exact) mass is 338 g/mol. The third kappa shape index (κ3) is 3.38. The van der Waals surface area contributed by atoms with E-state index in [4.69, 9.17) is 9.15 Å². The van der Waals surface area contributed by atoms with E-state index in [9.17, 15) is 9.59 Å². The van der Waals surface area contributed by atoms with Crippen LogP contribution in [0, 0.1) is 0 Å². The van der Waals surface area contributed by atoms with Crippen molar-refractivity contribution in [2.75, 3.05) is 14.1 Å². The summed E-state index contributed by atoms with van der Waals surface area (Å²) in [6.07, 6.45) is 0.670. The van der Waals surface area contributed by atoms with Gasteiger partial charge in [-0.3, -0.25) is 4.79 Å². The normalized spacial score (nSPS) is 12.0. The molecule has 0 bridgehead atoms. The lowest BCUT2D eigenvalue weighted by Crippen LogP contribution is -2.34. The summed E-state index contributed by atoms with van der Waals surface area (Å²) in [6, 6.07) is 12.4. The van der Waals surface area contributed by atoms with Crippen LogP contribution in [0.4, 0.5) is 0 Å². The molecule has 2 heterocycles. The van der Waals surface area contributed by atoms with Crippen molar-refractivity contribution in [3.05, 3.63) is 54.3 Å². The molecule has 0 aliphatic rings. The average Bonchev–Trinajstić information content (AvgIpc) is 3.14. The fourth-order valence-electron chi connectivity index (χ4n) is 2.53. The number of fused-ring (bicyclic) bond motifs is 1. The number of para-hydroxylation sites is 1. The maximum absolute atomic E-state index is 12.7. The number of nitrogens with zero attached hydrogens (tertiary/aromatic N) is 2. The van der Waals surface area contributed by atoms with Gasteiger partial charge in [0.2, 0.25) is 0 Å². The summed E-state index contributed by atoms with van der Waals surface area (Å²) in [5, 5.41) is 0.660. The van der Waals surface area contributed by atoms with Crippen LogP contribution < -0.4 is 0 Å². The summed E-state index contributed by atoms with van der Waals surface area (Å²) in [6.45, 7) is 1.55. The number of pyridine rings is 1. The molecular formula is C19H18N2O4. The van der Waals surface area contributed by atoms with Gasteiger partial charge in [-0.05, 0) is 31.2 Å². The van der Waals surface area contributed by atoms with E-state index in [1.54, 1.807) is 51.5 Å². The van der Waals surface area contributed by atoms with Crippen molar-refractivity contribution in [3.63, 3.8) is 0 Å². The van der Waals surface area contributed by atoms with Crippen molar-refractivity contribution in [2.24, 2.45) is 0 Å². The molecule has 1 atom stereocenters. The Labute approximate surface area is 145 Å². The first-order chi connectivity index (χ1) is 12.0. The lowest BCUT2D eigenvalue weighted by atomic mass is 10.1. The van der Waals surface area contributed by atoms with Gasteiger partial charge in [-0.2, -0.15) is 0 Å². The molecule has 0 aliphatic carbocycles. The summed E-state index contributed by atoms with van der Waals surface area (Å²) in [4.78, 5) is 30.5. The van der Waals surface area contributed by atoms with Crippen molar-refractivity contribution >= 4 is 22.8 Å². The Kier molecular flexibility index (Phi) is 4.52. The van der Waals surface area contributed by atoms with E-state index >= 15 is 0 Å². The van der Waals surface area contributed by atoms with Gasteiger partial charge in [0.1, 0.15) is 5.69 Å². The minimum Gasteiger partial charge on any atom is -0.463 e. The second-order valence-electron chi connectivity index (χ2n) is 5.83. The largest absolute Gasteiger partial charge is 0.463 e. The molecule has 1 aromatic carbocycles. The first-order valence-electron chi connectivity index (χ1n) is 7.83. The van der Waals surface area contributed by atoms with E-state index in [0.29, 0.717) is 27.9 Å². The molecule has 0 saturated heterocycles. The van der Waals surface area contributed by atoms with Crippen LogP contribution in [0.3, 0.4) is 0 Å². The number of hydrogen-bond acceptors (Lipinski definition) is 5. The van der Waals surface area contributed by atoms with Crippen LogP contribution >= 0.6 is 0 Å². The molecule has 0 radical (unpaired) electrons. The molecule has 1 amide bonds. The zero-order valence-corrected chi connectivity index (χ0v) is 14.2. The van der Waals surface area contributed by atoms with Gasteiger partial charge in [-0.25, -0.2) is 9.78 Å². The number of carbonyl (C=O) groups excluding carboxylic acids is 2. The Bertz CT molecular complexity index is 916. The number of likely N-dealkylation sites (N-methyl/N-ethyl adjacent to an activating group) is 1. The molecule has 0 N–H and O–H groups in total. The first-order valence-corrected chi connectivity index (χ1v) is 7.83. The highest BCUT2D eigenvalue weighted by Crippen LogP contribution is 2.26. The van der Waals surface area contributed by atoms with Crippen LogP contribution in [0.25, 0.3) is 22.4 Å². The summed E-state index contributed by atoms with van der Waals surface area (Å²) >= 11 is 0. The first kappa shape index (κ1) is 16.7. The quantitative estimate of drug-likeness (QED) is 0.683. The van der Waals surface area contributed by atoms with Crippen molar-refractivity contribution in [1.29, 1.82) is 0 Å². The third-order valence-electron chi connectivity index (χ3n) is 3.78. The molecule has 2 aromatic heterocycles. The van der Waals surface area contributed by atoms with E-state index in [1.807, 2.05) is 18.2 Å². The smallest absolute Gasteiger partial charge is 0.339 e. The number of aromatic nitrogens is 1.